The van der Waals surface area contributed by atoms with Gasteiger partial charge in [0.05, 0.1) is 12.0 Å². The first-order valence-corrected chi connectivity index (χ1v) is 11.0. The monoisotopic (exact) mass is 414 g/mol. The van der Waals surface area contributed by atoms with E-state index in [9.17, 15) is 14.4 Å². The Hall–Kier alpha value is -2.28. The number of methoxy groups -OCH3 is 1. The molecule has 3 atom stereocenters. The minimum atomic E-state index is -0.307. The highest BCUT2D eigenvalue weighted by Gasteiger charge is 2.40. The Kier molecular flexibility index (Phi) is 5.94. The van der Waals surface area contributed by atoms with Crippen molar-refractivity contribution in [3.8, 4) is 5.75 Å². The number of nitrogens with one attached hydrogen (secondary N) is 1. The van der Waals surface area contributed by atoms with Crippen molar-refractivity contribution in [2.24, 2.45) is 17.8 Å². The van der Waals surface area contributed by atoms with Gasteiger partial charge in [-0.25, -0.2) is 0 Å². The maximum Gasteiger partial charge on any atom is 0.293 e. The first-order chi connectivity index (χ1) is 14.0. The van der Waals surface area contributed by atoms with Crippen molar-refractivity contribution in [3.05, 3.63) is 34.7 Å². The molecule has 0 aromatic heterocycles. The second kappa shape index (κ2) is 8.61. The molecule has 1 aromatic rings. The standard InChI is InChI=1S/C22H26N2O4S/c1-28-18-6-3-14(4-7-18)12-19-21(26)24(22(27)29-19)9-8-23-20(25)13-17-11-15-2-5-16(17)10-15/h3-4,6-7,12,15-17H,2,5,8-11,13H2,1H3,(H,23,25)/b19-12-/t15-,16+,17+/m0/s1. The van der Waals surface area contributed by atoms with Crippen LogP contribution >= 0.6 is 11.8 Å². The Labute approximate surface area is 175 Å². The van der Waals surface area contributed by atoms with E-state index in [0.29, 0.717) is 23.8 Å². The van der Waals surface area contributed by atoms with Crippen LogP contribution in [0.25, 0.3) is 6.08 Å². The smallest absolute Gasteiger partial charge is 0.293 e. The lowest BCUT2D eigenvalue weighted by Gasteiger charge is -2.21. The Morgan fingerprint density at radius 1 is 1.24 bits per heavy atom. The first-order valence-electron chi connectivity index (χ1n) is 10.2. The number of ether oxygens (including phenoxy) is 1. The largest absolute Gasteiger partial charge is 0.497 e. The zero-order valence-electron chi connectivity index (χ0n) is 16.6. The number of rotatable bonds is 7. The molecule has 3 aliphatic rings. The van der Waals surface area contributed by atoms with Crippen LogP contribution in [0.1, 0.15) is 37.7 Å². The van der Waals surface area contributed by atoms with Crippen molar-refractivity contribution >= 4 is 34.9 Å². The van der Waals surface area contributed by atoms with Crippen molar-refractivity contribution in [1.82, 2.24) is 10.2 Å². The van der Waals surface area contributed by atoms with Gasteiger partial charge >= 0.3 is 0 Å². The van der Waals surface area contributed by atoms with Gasteiger partial charge in [0.1, 0.15) is 5.75 Å². The van der Waals surface area contributed by atoms with E-state index in [1.54, 1.807) is 13.2 Å². The molecule has 2 aliphatic carbocycles. The molecular weight excluding hydrogens is 388 g/mol. The summed E-state index contributed by atoms with van der Waals surface area (Å²) in [5.41, 5.74) is 0.829. The predicted molar refractivity (Wildman–Crippen MR) is 112 cm³/mol. The summed E-state index contributed by atoms with van der Waals surface area (Å²) in [6, 6.07) is 7.29. The van der Waals surface area contributed by atoms with Gasteiger partial charge in [0.25, 0.3) is 11.1 Å². The normalized spacial score (nSPS) is 27.1. The molecule has 4 rings (SSSR count). The van der Waals surface area contributed by atoms with Crippen molar-refractivity contribution in [1.29, 1.82) is 0 Å². The van der Waals surface area contributed by atoms with E-state index in [1.165, 1.54) is 30.6 Å². The summed E-state index contributed by atoms with van der Waals surface area (Å²) >= 11 is 0.934. The molecule has 3 amide bonds. The van der Waals surface area contributed by atoms with Crippen LogP contribution in [0.4, 0.5) is 4.79 Å². The highest BCUT2D eigenvalue weighted by atomic mass is 32.2. The van der Waals surface area contributed by atoms with Crippen LogP contribution in [0.5, 0.6) is 5.75 Å². The molecule has 154 valence electrons. The minimum Gasteiger partial charge on any atom is -0.497 e. The first kappa shape index (κ1) is 20.0. The highest BCUT2D eigenvalue weighted by molar-refractivity contribution is 8.18. The fourth-order valence-corrected chi connectivity index (χ4v) is 5.65. The Bertz CT molecular complexity index is 836. The number of carbonyl (C=O) groups excluding carboxylic acids is 3. The molecule has 1 saturated heterocycles. The number of carbonyl (C=O) groups is 3. The van der Waals surface area contributed by atoms with Gasteiger partial charge in [0.2, 0.25) is 5.91 Å². The van der Waals surface area contributed by atoms with E-state index in [2.05, 4.69) is 5.32 Å². The van der Waals surface area contributed by atoms with Gasteiger partial charge in [-0.15, -0.1) is 0 Å². The van der Waals surface area contributed by atoms with Crippen LogP contribution in [0.2, 0.25) is 0 Å². The van der Waals surface area contributed by atoms with Gasteiger partial charge in [0, 0.05) is 19.5 Å². The average molecular weight is 415 g/mol. The Morgan fingerprint density at radius 2 is 2.03 bits per heavy atom. The second-order valence-electron chi connectivity index (χ2n) is 8.10. The van der Waals surface area contributed by atoms with Crippen LogP contribution in [0.15, 0.2) is 29.2 Å². The molecule has 0 radical (unpaired) electrons. The third-order valence-corrected chi connectivity index (χ3v) is 7.18. The quantitative estimate of drug-likeness (QED) is 0.689. The molecule has 2 saturated carbocycles. The number of benzene rings is 1. The molecule has 29 heavy (non-hydrogen) atoms. The molecule has 1 N–H and O–H groups in total. The zero-order valence-corrected chi connectivity index (χ0v) is 17.4. The summed E-state index contributed by atoms with van der Waals surface area (Å²) in [6.45, 7) is 0.501. The van der Waals surface area contributed by atoms with Gasteiger partial charge in [-0.3, -0.25) is 19.3 Å². The number of hydrogen-bond donors (Lipinski definition) is 1. The topological polar surface area (TPSA) is 75.7 Å². The van der Waals surface area contributed by atoms with Crippen LogP contribution in [-0.4, -0.2) is 42.2 Å². The summed E-state index contributed by atoms with van der Waals surface area (Å²) in [5.74, 6) is 2.51. The fraction of sp³-hybridized carbons (Fsp3) is 0.500. The summed E-state index contributed by atoms with van der Waals surface area (Å²) in [5, 5.41) is 2.59. The number of hydrogen-bond acceptors (Lipinski definition) is 5. The third-order valence-electron chi connectivity index (χ3n) is 6.28. The SMILES string of the molecule is COc1ccc(/C=C2\SC(=O)N(CCNC(=O)C[C@H]3C[C@H]4CC[C@@H]3C4)C2=O)cc1. The number of imide groups is 1. The molecule has 3 fully saturated rings. The van der Waals surface area contributed by atoms with Crippen molar-refractivity contribution in [2.45, 2.75) is 32.1 Å². The lowest BCUT2D eigenvalue weighted by Crippen LogP contribution is -2.38. The van der Waals surface area contributed by atoms with Gasteiger partial charge < -0.3 is 10.1 Å². The Morgan fingerprint density at radius 3 is 2.69 bits per heavy atom. The van der Waals surface area contributed by atoms with Crippen molar-refractivity contribution < 1.29 is 19.1 Å². The van der Waals surface area contributed by atoms with Crippen LogP contribution < -0.4 is 10.1 Å². The van der Waals surface area contributed by atoms with E-state index in [0.717, 1.165) is 34.9 Å². The van der Waals surface area contributed by atoms with Gasteiger partial charge in [-0.1, -0.05) is 18.6 Å². The average Bonchev–Trinajstić information content (AvgIpc) is 3.40. The van der Waals surface area contributed by atoms with Crippen molar-refractivity contribution in [2.75, 3.05) is 20.2 Å². The number of amides is 3. The van der Waals surface area contributed by atoms with Crippen LogP contribution in [0, 0.1) is 17.8 Å². The second-order valence-corrected chi connectivity index (χ2v) is 9.09. The zero-order chi connectivity index (χ0) is 20.4. The Balaban J connectivity index is 1.26. The summed E-state index contributed by atoms with van der Waals surface area (Å²) in [7, 11) is 1.59. The lowest BCUT2D eigenvalue weighted by atomic mass is 9.86. The summed E-state index contributed by atoms with van der Waals surface area (Å²) in [6.07, 6.45) is 7.33. The summed E-state index contributed by atoms with van der Waals surface area (Å²) < 4.78 is 5.12. The highest BCUT2D eigenvalue weighted by Crippen LogP contribution is 2.49. The maximum absolute atomic E-state index is 12.6. The van der Waals surface area contributed by atoms with E-state index < -0.39 is 0 Å². The maximum atomic E-state index is 12.6. The van der Waals surface area contributed by atoms with Gasteiger partial charge in [-0.2, -0.15) is 0 Å². The molecule has 6 nitrogen and oxygen atoms in total. The fourth-order valence-electron chi connectivity index (χ4n) is 4.79. The van der Waals surface area contributed by atoms with E-state index in [-0.39, 0.29) is 23.6 Å². The lowest BCUT2D eigenvalue weighted by molar-refractivity contribution is -0.124. The molecule has 1 aromatic carbocycles. The van der Waals surface area contributed by atoms with Gasteiger partial charge in [0.15, 0.2) is 0 Å². The molecule has 1 heterocycles. The van der Waals surface area contributed by atoms with Crippen LogP contribution in [-0.2, 0) is 9.59 Å². The molecule has 0 spiro atoms. The van der Waals surface area contributed by atoms with Gasteiger partial charge in [-0.05, 0) is 72.6 Å². The molecular formula is C22H26N2O4S. The predicted octanol–water partition coefficient (Wildman–Crippen LogP) is 3.67. The minimum absolute atomic E-state index is 0.0308. The number of fused-ring (bicyclic) bond motifs is 2. The van der Waals surface area contributed by atoms with Crippen molar-refractivity contribution in [3.63, 3.8) is 0 Å². The van der Waals surface area contributed by atoms with E-state index >= 15 is 0 Å². The van der Waals surface area contributed by atoms with E-state index in [4.69, 9.17) is 4.74 Å². The van der Waals surface area contributed by atoms with E-state index in [1.807, 2.05) is 24.3 Å². The number of thioether (sulfide) groups is 1. The molecule has 2 bridgehead atoms. The summed E-state index contributed by atoms with van der Waals surface area (Å²) in [4.78, 5) is 38.6. The number of nitrogens with zero attached hydrogens (tertiary/aromatic N) is 1. The molecule has 1 aliphatic heterocycles. The van der Waals surface area contributed by atoms with Crippen LogP contribution in [0.3, 0.4) is 0 Å². The molecule has 0 unspecified atom stereocenters. The molecule has 7 heteroatoms. The third kappa shape index (κ3) is 4.50.